The molecule has 0 aromatic rings. The van der Waals surface area contributed by atoms with Crippen LogP contribution in [0.2, 0.25) is 0 Å². The molecule has 0 spiro atoms. The zero-order valence-electron chi connectivity index (χ0n) is 20.9. The van der Waals surface area contributed by atoms with Crippen LogP contribution in [-0.2, 0) is 14.4 Å². The standard InChI is InChI=1S/C25H44N6O4/c26-22(32)17-8-12-30(13-9-17)21-14-19(7-10-27-21)23-28-24(35-29-23)20-2-1-11-31(20)15-16-3-5-18(6-4-16)25(33)34/h16-21,23-24,27-29H,1-15H2,(H2,26,32)(H,33,34)/t16?,18?,19?,20-,21?,23?,24?/m0/s1. The smallest absolute Gasteiger partial charge is 0.306 e. The molecule has 4 saturated heterocycles. The van der Waals surface area contributed by atoms with Gasteiger partial charge in [-0.2, -0.15) is 5.48 Å². The van der Waals surface area contributed by atoms with Gasteiger partial charge in [-0.05, 0) is 89.1 Å². The molecule has 4 aliphatic heterocycles. The van der Waals surface area contributed by atoms with Gasteiger partial charge in [-0.3, -0.25) is 29.5 Å². The van der Waals surface area contributed by atoms with Crippen molar-refractivity contribution in [2.75, 3.05) is 32.7 Å². The number of carbonyl (C=O) groups is 2. The highest BCUT2D eigenvalue weighted by molar-refractivity contribution is 5.76. The van der Waals surface area contributed by atoms with Gasteiger partial charge < -0.3 is 16.2 Å². The third-order valence-corrected chi connectivity index (χ3v) is 9.38. The monoisotopic (exact) mass is 492 g/mol. The number of carboxylic acid groups (broad SMARTS) is 1. The lowest BCUT2D eigenvalue weighted by atomic mass is 9.82. The minimum Gasteiger partial charge on any atom is -0.481 e. The predicted octanol–water partition coefficient (Wildman–Crippen LogP) is 0.641. The van der Waals surface area contributed by atoms with Gasteiger partial charge >= 0.3 is 5.97 Å². The fraction of sp³-hybridized carbons (Fsp3) is 0.920. The van der Waals surface area contributed by atoms with Gasteiger partial charge in [0, 0.05) is 25.6 Å². The number of aliphatic carboxylic acids is 1. The number of nitrogens with one attached hydrogen (secondary N) is 3. The summed E-state index contributed by atoms with van der Waals surface area (Å²) in [5.74, 6) is 0.184. The van der Waals surface area contributed by atoms with Crippen molar-refractivity contribution >= 4 is 11.9 Å². The minimum absolute atomic E-state index is 0.00231. The highest BCUT2D eigenvalue weighted by Gasteiger charge is 2.42. The first kappa shape index (κ1) is 25.4. The highest BCUT2D eigenvalue weighted by Crippen LogP contribution is 2.33. The minimum atomic E-state index is -0.626. The van der Waals surface area contributed by atoms with Crippen LogP contribution in [0.15, 0.2) is 0 Å². The number of rotatable bonds is 7. The molecule has 0 aromatic carbocycles. The van der Waals surface area contributed by atoms with Gasteiger partial charge in [0.05, 0.1) is 24.3 Å². The Bertz CT molecular complexity index is 739. The lowest BCUT2D eigenvalue weighted by Crippen LogP contribution is -2.57. The van der Waals surface area contributed by atoms with Crippen molar-refractivity contribution in [1.29, 1.82) is 0 Å². The van der Waals surface area contributed by atoms with E-state index in [1.807, 2.05) is 0 Å². The van der Waals surface area contributed by atoms with Crippen molar-refractivity contribution < 1.29 is 19.5 Å². The number of primary amides is 1. The Kier molecular flexibility index (Phi) is 8.25. The molecule has 1 amide bonds. The van der Waals surface area contributed by atoms with Crippen LogP contribution in [0, 0.1) is 23.7 Å². The fourth-order valence-electron chi connectivity index (χ4n) is 7.16. The Morgan fingerprint density at radius 1 is 0.971 bits per heavy atom. The molecule has 0 bridgehead atoms. The van der Waals surface area contributed by atoms with Crippen molar-refractivity contribution in [3.05, 3.63) is 0 Å². The number of nitrogens with zero attached hydrogens (tertiary/aromatic N) is 2. The van der Waals surface area contributed by atoms with E-state index in [1.165, 1.54) is 6.42 Å². The number of hydroxylamine groups is 1. The van der Waals surface area contributed by atoms with Gasteiger partial charge in [-0.1, -0.05) is 0 Å². The Morgan fingerprint density at radius 3 is 2.46 bits per heavy atom. The molecule has 1 saturated carbocycles. The first-order valence-corrected chi connectivity index (χ1v) is 13.9. The molecule has 5 fully saturated rings. The first-order chi connectivity index (χ1) is 17.0. The summed E-state index contributed by atoms with van der Waals surface area (Å²) < 4.78 is 0. The molecule has 6 N–H and O–H groups in total. The van der Waals surface area contributed by atoms with Crippen LogP contribution in [0.3, 0.4) is 0 Å². The normalized spacial score (nSPS) is 40.2. The summed E-state index contributed by atoms with van der Waals surface area (Å²) in [5, 5.41) is 16.7. The Hall–Kier alpha value is -1.30. The van der Waals surface area contributed by atoms with Gasteiger partial charge in [-0.15, -0.1) is 0 Å². The molecule has 5 rings (SSSR count). The van der Waals surface area contributed by atoms with E-state index in [-0.39, 0.29) is 30.1 Å². The van der Waals surface area contributed by atoms with Crippen LogP contribution in [-0.4, -0.2) is 84.1 Å². The lowest BCUT2D eigenvalue weighted by molar-refractivity contribution is -0.143. The highest BCUT2D eigenvalue weighted by atomic mass is 16.7. The molecule has 10 nitrogen and oxygen atoms in total. The number of nitrogens with two attached hydrogens (primary N) is 1. The van der Waals surface area contributed by atoms with Crippen molar-refractivity contribution in [1.82, 2.24) is 25.9 Å². The average Bonchev–Trinajstić information content (AvgIpc) is 3.54. The number of piperidine rings is 2. The lowest BCUT2D eigenvalue weighted by Gasteiger charge is -2.42. The maximum absolute atomic E-state index is 11.5. The van der Waals surface area contributed by atoms with Crippen molar-refractivity contribution in [3.63, 3.8) is 0 Å². The van der Waals surface area contributed by atoms with Crippen LogP contribution in [0.4, 0.5) is 0 Å². The van der Waals surface area contributed by atoms with Gasteiger partial charge in [0.25, 0.3) is 0 Å². The third kappa shape index (κ3) is 5.99. The Balaban J connectivity index is 1.09. The molecule has 0 radical (unpaired) electrons. The molecule has 1 aliphatic carbocycles. The molecule has 198 valence electrons. The van der Waals surface area contributed by atoms with E-state index in [4.69, 9.17) is 10.6 Å². The van der Waals surface area contributed by atoms with E-state index in [0.717, 1.165) is 90.5 Å². The second-order valence-corrected chi connectivity index (χ2v) is 11.5. The number of hydrogen-bond donors (Lipinski definition) is 5. The maximum Gasteiger partial charge on any atom is 0.306 e. The average molecular weight is 493 g/mol. The van der Waals surface area contributed by atoms with Gasteiger partial charge in [0.15, 0.2) is 0 Å². The zero-order valence-corrected chi connectivity index (χ0v) is 20.9. The Labute approximate surface area is 208 Å². The molecule has 5 aliphatic rings. The summed E-state index contributed by atoms with van der Waals surface area (Å²) >= 11 is 0. The summed E-state index contributed by atoms with van der Waals surface area (Å²) in [7, 11) is 0. The SMILES string of the molecule is NC(=O)C1CCN(C2CC(C3NOC([C@@H]4CCCN4CC4CCC(C(=O)O)CC4)N3)CCN2)CC1. The topological polar surface area (TPSA) is 132 Å². The van der Waals surface area contributed by atoms with Crippen LogP contribution >= 0.6 is 0 Å². The molecular weight excluding hydrogens is 448 g/mol. The van der Waals surface area contributed by atoms with E-state index >= 15 is 0 Å². The fourth-order valence-corrected chi connectivity index (χ4v) is 7.16. The van der Waals surface area contributed by atoms with Crippen molar-refractivity contribution in [3.8, 4) is 0 Å². The van der Waals surface area contributed by atoms with Gasteiger partial charge in [0.1, 0.15) is 6.23 Å². The Morgan fingerprint density at radius 2 is 1.74 bits per heavy atom. The molecular formula is C25H44N6O4. The quantitative estimate of drug-likeness (QED) is 0.347. The van der Waals surface area contributed by atoms with E-state index in [1.54, 1.807) is 0 Å². The predicted molar refractivity (Wildman–Crippen MR) is 131 cm³/mol. The van der Waals surface area contributed by atoms with Crippen molar-refractivity contribution in [2.45, 2.75) is 88.8 Å². The summed E-state index contributed by atoms with van der Waals surface area (Å²) in [6, 6.07) is 0.370. The number of carbonyl (C=O) groups excluding carboxylic acids is 1. The van der Waals surface area contributed by atoms with Gasteiger partial charge in [0.2, 0.25) is 5.91 Å². The van der Waals surface area contributed by atoms with E-state index in [2.05, 4.69) is 25.9 Å². The molecule has 10 heteroatoms. The maximum atomic E-state index is 11.5. The molecule has 5 atom stereocenters. The first-order valence-electron chi connectivity index (χ1n) is 13.9. The van der Waals surface area contributed by atoms with Crippen LogP contribution in [0.25, 0.3) is 0 Å². The summed E-state index contributed by atoms with van der Waals surface area (Å²) in [4.78, 5) is 34.0. The van der Waals surface area contributed by atoms with Crippen LogP contribution in [0.5, 0.6) is 0 Å². The zero-order chi connectivity index (χ0) is 24.4. The second-order valence-electron chi connectivity index (χ2n) is 11.5. The number of hydrogen-bond acceptors (Lipinski definition) is 8. The van der Waals surface area contributed by atoms with Gasteiger partial charge in [-0.25, -0.2) is 0 Å². The van der Waals surface area contributed by atoms with E-state index in [0.29, 0.717) is 24.0 Å². The van der Waals surface area contributed by atoms with E-state index < -0.39 is 5.97 Å². The summed E-state index contributed by atoms with van der Waals surface area (Å²) in [6.45, 7) is 5.00. The summed E-state index contributed by atoms with van der Waals surface area (Å²) in [5.41, 5.74) is 8.84. The summed E-state index contributed by atoms with van der Waals surface area (Å²) in [6.07, 6.45) is 10.4. The molecule has 35 heavy (non-hydrogen) atoms. The van der Waals surface area contributed by atoms with Crippen molar-refractivity contribution in [2.24, 2.45) is 29.4 Å². The molecule has 4 unspecified atom stereocenters. The van der Waals surface area contributed by atoms with Crippen LogP contribution in [0.1, 0.15) is 64.2 Å². The third-order valence-electron chi connectivity index (χ3n) is 9.38. The number of likely N-dealkylation sites (tertiary alicyclic amines) is 2. The largest absolute Gasteiger partial charge is 0.481 e. The van der Waals surface area contributed by atoms with E-state index in [9.17, 15) is 14.7 Å². The molecule has 0 aromatic heterocycles. The number of amides is 1. The molecule has 4 heterocycles. The van der Waals surface area contributed by atoms with Crippen LogP contribution < -0.4 is 21.8 Å². The number of carboxylic acids is 1. The second kappa shape index (κ2) is 11.4.